The summed E-state index contributed by atoms with van der Waals surface area (Å²) in [5.74, 6) is -0.526. The van der Waals surface area contributed by atoms with Gasteiger partial charge in [0, 0.05) is 25.2 Å². The Kier molecular flexibility index (Phi) is 4.56. The van der Waals surface area contributed by atoms with Crippen molar-refractivity contribution in [3.63, 3.8) is 0 Å². The van der Waals surface area contributed by atoms with Gasteiger partial charge in [-0.2, -0.15) is 0 Å². The lowest BCUT2D eigenvalue weighted by Crippen LogP contribution is -2.42. The molecule has 0 radical (unpaired) electrons. The first-order valence-electron chi connectivity index (χ1n) is 9.61. The molecule has 0 spiro atoms. The molecule has 1 saturated heterocycles. The maximum Gasteiger partial charge on any atom is 0.258 e. The van der Waals surface area contributed by atoms with Gasteiger partial charge in [0.05, 0.1) is 29.3 Å². The monoisotopic (exact) mass is 410 g/mol. The first-order valence-corrected chi connectivity index (χ1v) is 10.5. The van der Waals surface area contributed by atoms with Crippen molar-refractivity contribution in [2.45, 2.75) is 13.0 Å². The quantitative estimate of drug-likeness (QED) is 0.651. The molecule has 0 bridgehead atoms. The van der Waals surface area contributed by atoms with Gasteiger partial charge >= 0.3 is 0 Å². The van der Waals surface area contributed by atoms with Crippen LogP contribution in [0.15, 0.2) is 46.6 Å². The fourth-order valence-electron chi connectivity index (χ4n) is 4.06. The molecule has 0 aliphatic carbocycles. The molecule has 2 aromatic heterocycles. The molecule has 3 aromatic rings. The summed E-state index contributed by atoms with van der Waals surface area (Å²) in [5.41, 5.74) is 2.98. The summed E-state index contributed by atoms with van der Waals surface area (Å²) in [5, 5.41) is 1.99. The van der Waals surface area contributed by atoms with Crippen molar-refractivity contribution in [1.29, 1.82) is 0 Å². The van der Waals surface area contributed by atoms with E-state index < -0.39 is 5.82 Å². The Morgan fingerprint density at radius 3 is 2.72 bits per heavy atom. The molecular formula is C22H19FN2O3S. The summed E-state index contributed by atoms with van der Waals surface area (Å²) < 4.78 is 20.9. The van der Waals surface area contributed by atoms with Crippen LogP contribution >= 0.6 is 11.3 Å². The lowest BCUT2D eigenvalue weighted by atomic mass is 9.97. The Balaban J connectivity index is 1.75. The van der Waals surface area contributed by atoms with Crippen LogP contribution in [0, 0.1) is 5.82 Å². The van der Waals surface area contributed by atoms with E-state index in [4.69, 9.17) is 4.74 Å². The Labute approximate surface area is 171 Å². The van der Waals surface area contributed by atoms with Gasteiger partial charge in [-0.25, -0.2) is 4.39 Å². The number of carbonyl (C=O) groups excluding carboxylic acids is 1. The summed E-state index contributed by atoms with van der Waals surface area (Å²) in [6.07, 6.45) is 0.740. The minimum absolute atomic E-state index is 0.115. The van der Waals surface area contributed by atoms with E-state index in [9.17, 15) is 14.0 Å². The molecule has 5 nitrogen and oxygen atoms in total. The number of morpholine rings is 1. The van der Waals surface area contributed by atoms with E-state index in [2.05, 4.69) is 6.07 Å². The summed E-state index contributed by atoms with van der Waals surface area (Å²) in [4.78, 5) is 29.5. The van der Waals surface area contributed by atoms with Crippen LogP contribution in [0.4, 0.5) is 4.39 Å². The van der Waals surface area contributed by atoms with Crippen LogP contribution in [0.3, 0.4) is 0 Å². The average Bonchev–Trinajstić information content (AvgIpc) is 3.23. The van der Waals surface area contributed by atoms with Crippen LogP contribution in [0.1, 0.15) is 15.9 Å². The number of pyridine rings is 1. The van der Waals surface area contributed by atoms with Crippen molar-refractivity contribution in [3.05, 3.63) is 69.1 Å². The van der Waals surface area contributed by atoms with Crippen LogP contribution in [-0.2, 0) is 17.7 Å². The second-order valence-corrected chi connectivity index (χ2v) is 8.13. The number of benzene rings is 1. The standard InChI is InChI=1S/C22H19FN2O3S/c23-16-3-1-2-15(12-16)17-13-18(21(26)24-7-9-28-10-8-24)19-20-14(5-11-29-20)4-6-25(19)22(17)27/h1-3,5,11-13H,4,6-10H2. The number of nitrogens with zero attached hydrogens (tertiary/aromatic N) is 2. The fourth-order valence-corrected chi connectivity index (χ4v) is 5.08. The minimum Gasteiger partial charge on any atom is -0.378 e. The van der Waals surface area contributed by atoms with Gasteiger partial charge in [0.15, 0.2) is 0 Å². The number of thiophene rings is 1. The third-order valence-corrected chi connectivity index (χ3v) is 6.48. The third-order valence-electron chi connectivity index (χ3n) is 5.52. The molecule has 2 aliphatic heterocycles. The highest BCUT2D eigenvalue weighted by Gasteiger charge is 2.29. The molecule has 29 heavy (non-hydrogen) atoms. The number of amides is 1. The molecule has 7 heteroatoms. The number of halogens is 1. The number of hydrogen-bond acceptors (Lipinski definition) is 4. The van der Waals surface area contributed by atoms with Crippen LogP contribution < -0.4 is 5.56 Å². The van der Waals surface area contributed by atoms with E-state index in [1.807, 2.05) is 5.38 Å². The normalized spacial score (nSPS) is 15.7. The molecule has 1 aromatic carbocycles. The largest absolute Gasteiger partial charge is 0.378 e. The third kappa shape index (κ3) is 3.10. The topological polar surface area (TPSA) is 51.5 Å². The Hall–Kier alpha value is -2.77. The van der Waals surface area contributed by atoms with Crippen LogP contribution in [-0.4, -0.2) is 41.7 Å². The Bertz CT molecular complexity index is 1160. The number of fused-ring (bicyclic) bond motifs is 3. The average molecular weight is 410 g/mol. The fraction of sp³-hybridized carbons (Fsp3) is 0.273. The predicted molar refractivity (Wildman–Crippen MR) is 110 cm³/mol. The Morgan fingerprint density at radius 2 is 1.93 bits per heavy atom. The minimum atomic E-state index is -0.411. The van der Waals surface area contributed by atoms with Gasteiger partial charge in [0.2, 0.25) is 0 Å². The maximum absolute atomic E-state index is 13.8. The first-order chi connectivity index (χ1) is 14.1. The second-order valence-electron chi connectivity index (χ2n) is 7.22. The molecule has 5 rings (SSSR count). The Morgan fingerprint density at radius 1 is 1.10 bits per heavy atom. The van der Waals surface area contributed by atoms with Crippen molar-refractivity contribution in [1.82, 2.24) is 9.47 Å². The van der Waals surface area contributed by atoms with E-state index in [0.717, 1.165) is 16.9 Å². The molecule has 0 saturated carbocycles. The van der Waals surface area contributed by atoms with E-state index >= 15 is 0 Å². The number of carbonyl (C=O) groups is 1. The van der Waals surface area contributed by atoms with Gasteiger partial charge in [-0.1, -0.05) is 12.1 Å². The highest BCUT2D eigenvalue weighted by atomic mass is 32.1. The zero-order valence-electron chi connectivity index (χ0n) is 15.7. The number of ether oxygens (including phenoxy) is 1. The lowest BCUT2D eigenvalue weighted by Gasteiger charge is -2.29. The number of aromatic nitrogens is 1. The maximum atomic E-state index is 13.8. The molecule has 1 fully saturated rings. The first kappa shape index (κ1) is 18.3. The molecule has 0 unspecified atom stereocenters. The van der Waals surface area contributed by atoms with Gasteiger partial charge in [0.1, 0.15) is 5.82 Å². The second kappa shape index (κ2) is 7.24. The van der Waals surface area contributed by atoms with Crippen molar-refractivity contribution < 1.29 is 13.9 Å². The number of aryl methyl sites for hydroxylation is 1. The van der Waals surface area contributed by atoms with E-state index in [-0.39, 0.29) is 11.5 Å². The lowest BCUT2D eigenvalue weighted by molar-refractivity contribution is 0.0303. The van der Waals surface area contributed by atoms with Gasteiger partial charge in [-0.05, 0) is 47.2 Å². The van der Waals surface area contributed by atoms with Crippen molar-refractivity contribution >= 4 is 17.2 Å². The predicted octanol–water partition coefficient (Wildman–Crippen LogP) is 3.41. The molecule has 0 atom stereocenters. The zero-order chi connectivity index (χ0) is 20.0. The van der Waals surface area contributed by atoms with Crippen LogP contribution in [0.2, 0.25) is 0 Å². The van der Waals surface area contributed by atoms with Crippen molar-refractivity contribution in [2.75, 3.05) is 26.3 Å². The van der Waals surface area contributed by atoms with Crippen LogP contribution in [0.5, 0.6) is 0 Å². The molecule has 2 aliphatic rings. The molecule has 1 amide bonds. The smallest absolute Gasteiger partial charge is 0.258 e. The van der Waals surface area contributed by atoms with Gasteiger partial charge in [0.25, 0.3) is 11.5 Å². The van der Waals surface area contributed by atoms with E-state index in [1.54, 1.807) is 39.0 Å². The molecule has 148 valence electrons. The summed E-state index contributed by atoms with van der Waals surface area (Å²) in [6.45, 7) is 2.54. The van der Waals surface area contributed by atoms with Gasteiger partial charge in [-0.3, -0.25) is 9.59 Å². The van der Waals surface area contributed by atoms with Crippen molar-refractivity contribution in [2.24, 2.45) is 0 Å². The summed E-state index contributed by atoms with van der Waals surface area (Å²) >= 11 is 1.54. The van der Waals surface area contributed by atoms with E-state index in [1.165, 1.54) is 12.1 Å². The SMILES string of the molecule is O=C(c1cc(-c2cccc(F)c2)c(=O)n2c1-c1sccc1CC2)N1CCOCC1. The molecular weight excluding hydrogens is 391 g/mol. The zero-order valence-corrected chi connectivity index (χ0v) is 16.5. The summed E-state index contributed by atoms with van der Waals surface area (Å²) in [6, 6.07) is 9.67. The molecule has 0 N–H and O–H groups in total. The van der Waals surface area contributed by atoms with Crippen LogP contribution in [0.25, 0.3) is 21.7 Å². The highest BCUT2D eigenvalue weighted by Crippen LogP contribution is 2.37. The van der Waals surface area contributed by atoms with Gasteiger partial charge < -0.3 is 14.2 Å². The summed E-state index contributed by atoms with van der Waals surface area (Å²) in [7, 11) is 0. The highest BCUT2D eigenvalue weighted by molar-refractivity contribution is 7.13. The molecule has 4 heterocycles. The number of hydrogen-bond donors (Lipinski definition) is 0. The van der Waals surface area contributed by atoms with Crippen molar-refractivity contribution in [3.8, 4) is 21.7 Å². The number of rotatable bonds is 2. The van der Waals surface area contributed by atoms with Gasteiger partial charge in [-0.15, -0.1) is 11.3 Å². The van der Waals surface area contributed by atoms with E-state index in [0.29, 0.717) is 55.2 Å².